The third-order valence-corrected chi connectivity index (χ3v) is 7.06. The minimum atomic E-state index is -0.0639. The number of carbonyl (C=O) groups excluding carboxylic acids is 1. The van der Waals surface area contributed by atoms with Gasteiger partial charge in [0.15, 0.2) is 11.5 Å². The van der Waals surface area contributed by atoms with Crippen LogP contribution in [-0.2, 0) is 6.54 Å². The highest BCUT2D eigenvalue weighted by Gasteiger charge is 2.18. The van der Waals surface area contributed by atoms with Gasteiger partial charge in [0.05, 0.1) is 4.58 Å². The largest absolute Gasteiger partial charge is 0.454 e. The first-order valence-corrected chi connectivity index (χ1v) is 9.89. The fourth-order valence-corrected chi connectivity index (χ4v) is 5.54. The van der Waals surface area contributed by atoms with Crippen molar-refractivity contribution in [2.75, 3.05) is 18.3 Å². The summed E-state index contributed by atoms with van der Waals surface area (Å²) in [4.78, 5) is 12.3. The zero-order valence-electron chi connectivity index (χ0n) is 13.0. The van der Waals surface area contributed by atoms with E-state index in [0.717, 1.165) is 17.1 Å². The Morgan fingerprint density at radius 2 is 1.79 bits per heavy atom. The molecule has 124 valence electrons. The van der Waals surface area contributed by atoms with Crippen molar-refractivity contribution in [2.45, 2.75) is 11.1 Å². The molecule has 2 aliphatic heterocycles. The number of ether oxygens (including phenoxy) is 2. The first-order valence-electron chi connectivity index (χ1n) is 7.79. The topological polar surface area (TPSA) is 47.6 Å². The summed E-state index contributed by atoms with van der Waals surface area (Å²) < 4.78 is 11.2. The molecule has 0 radical (unpaired) electrons. The standard InChI is InChI=1S/C18H17NO3S2/c20-17(13-2-4-14(5-3-13)18-23-7-8-24-18)19-10-12-1-6-15-16(9-12)22-11-21-15/h1-6,9,18H,7-8,10-11H2,(H,19,20). The van der Waals surface area contributed by atoms with Crippen LogP contribution in [0.25, 0.3) is 0 Å². The zero-order valence-corrected chi connectivity index (χ0v) is 14.6. The van der Waals surface area contributed by atoms with Crippen LogP contribution in [0, 0.1) is 0 Å². The smallest absolute Gasteiger partial charge is 0.251 e. The summed E-state index contributed by atoms with van der Waals surface area (Å²) in [6, 6.07) is 13.6. The van der Waals surface area contributed by atoms with Gasteiger partial charge < -0.3 is 14.8 Å². The molecule has 1 amide bonds. The summed E-state index contributed by atoms with van der Waals surface area (Å²) in [6.45, 7) is 0.723. The lowest BCUT2D eigenvalue weighted by atomic mass is 10.1. The molecule has 4 nitrogen and oxygen atoms in total. The number of hydrogen-bond acceptors (Lipinski definition) is 5. The van der Waals surface area contributed by atoms with Gasteiger partial charge in [-0.25, -0.2) is 0 Å². The van der Waals surface area contributed by atoms with Gasteiger partial charge in [0.1, 0.15) is 0 Å². The molecule has 0 unspecified atom stereocenters. The maximum absolute atomic E-state index is 12.3. The highest BCUT2D eigenvalue weighted by Crippen LogP contribution is 2.45. The molecule has 1 N–H and O–H groups in total. The average Bonchev–Trinajstić information content (AvgIpc) is 3.31. The quantitative estimate of drug-likeness (QED) is 0.899. The van der Waals surface area contributed by atoms with Gasteiger partial charge >= 0.3 is 0 Å². The van der Waals surface area contributed by atoms with E-state index in [1.54, 1.807) is 0 Å². The molecule has 24 heavy (non-hydrogen) atoms. The molecule has 0 spiro atoms. The Balaban J connectivity index is 1.37. The van der Waals surface area contributed by atoms with Crippen molar-refractivity contribution in [1.29, 1.82) is 0 Å². The van der Waals surface area contributed by atoms with Gasteiger partial charge in [0.25, 0.3) is 5.91 Å². The second-order valence-corrected chi connectivity index (χ2v) is 8.29. The fourth-order valence-electron chi connectivity index (χ4n) is 2.68. The lowest BCUT2D eigenvalue weighted by Gasteiger charge is -2.10. The first-order chi connectivity index (χ1) is 11.8. The van der Waals surface area contributed by atoms with Crippen LogP contribution in [0.15, 0.2) is 42.5 Å². The first kappa shape index (κ1) is 15.7. The van der Waals surface area contributed by atoms with E-state index in [2.05, 4.69) is 17.4 Å². The summed E-state index contributed by atoms with van der Waals surface area (Å²) >= 11 is 3.93. The Labute approximate surface area is 149 Å². The Bertz CT molecular complexity index is 742. The van der Waals surface area contributed by atoms with E-state index in [0.29, 0.717) is 16.7 Å². The molecule has 4 rings (SSSR count). The van der Waals surface area contributed by atoms with E-state index >= 15 is 0 Å². The van der Waals surface area contributed by atoms with Crippen LogP contribution < -0.4 is 14.8 Å². The number of fused-ring (bicyclic) bond motifs is 1. The number of hydrogen-bond donors (Lipinski definition) is 1. The normalized spacial score (nSPS) is 16.3. The molecule has 2 heterocycles. The average molecular weight is 359 g/mol. The van der Waals surface area contributed by atoms with Gasteiger partial charge in [0, 0.05) is 23.6 Å². The molecule has 2 aliphatic rings. The van der Waals surface area contributed by atoms with Gasteiger partial charge in [-0.05, 0) is 35.4 Å². The maximum atomic E-state index is 12.3. The molecule has 1 saturated heterocycles. The second kappa shape index (κ2) is 6.99. The molecule has 1 fully saturated rings. The number of thioether (sulfide) groups is 2. The van der Waals surface area contributed by atoms with Crippen molar-refractivity contribution in [3.8, 4) is 11.5 Å². The minimum absolute atomic E-state index is 0.0639. The summed E-state index contributed by atoms with van der Waals surface area (Å²) in [5.41, 5.74) is 2.96. The summed E-state index contributed by atoms with van der Waals surface area (Å²) in [6.07, 6.45) is 0. The van der Waals surface area contributed by atoms with E-state index in [-0.39, 0.29) is 12.7 Å². The number of nitrogens with one attached hydrogen (secondary N) is 1. The van der Waals surface area contributed by atoms with Crippen LogP contribution in [-0.4, -0.2) is 24.2 Å². The van der Waals surface area contributed by atoms with Gasteiger partial charge in [0.2, 0.25) is 6.79 Å². The Morgan fingerprint density at radius 1 is 1.04 bits per heavy atom. The Kier molecular flexibility index (Phi) is 4.58. The van der Waals surface area contributed by atoms with Crippen LogP contribution in [0.5, 0.6) is 11.5 Å². The molecule has 2 aromatic rings. The molecular weight excluding hydrogens is 342 g/mol. The van der Waals surface area contributed by atoms with Crippen molar-refractivity contribution in [3.63, 3.8) is 0 Å². The predicted molar refractivity (Wildman–Crippen MR) is 97.8 cm³/mol. The monoisotopic (exact) mass is 359 g/mol. The van der Waals surface area contributed by atoms with E-state index in [4.69, 9.17) is 9.47 Å². The van der Waals surface area contributed by atoms with Crippen LogP contribution in [0.4, 0.5) is 0 Å². The zero-order chi connectivity index (χ0) is 16.4. The fraction of sp³-hybridized carbons (Fsp3) is 0.278. The number of benzene rings is 2. The molecule has 0 bridgehead atoms. The number of amides is 1. The molecule has 0 aromatic heterocycles. The van der Waals surface area contributed by atoms with E-state index in [1.165, 1.54) is 17.1 Å². The van der Waals surface area contributed by atoms with Crippen molar-refractivity contribution in [3.05, 3.63) is 59.2 Å². The Hall–Kier alpha value is -1.79. The molecule has 0 saturated carbocycles. The molecule has 0 atom stereocenters. The predicted octanol–water partition coefficient (Wildman–Crippen LogP) is 3.82. The third kappa shape index (κ3) is 3.35. The number of rotatable bonds is 4. The van der Waals surface area contributed by atoms with Gasteiger partial charge in [-0.1, -0.05) is 18.2 Å². The molecular formula is C18H17NO3S2. The van der Waals surface area contributed by atoms with Crippen molar-refractivity contribution in [1.82, 2.24) is 5.32 Å². The second-order valence-electron chi connectivity index (χ2n) is 5.57. The van der Waals surface area contributed by atoms with Crippen LogP contribution >= 0.6 is 23.5 Å². The van der Waals surface area contributed by atoms with E-state index in [1.807, 2.05) is 53.9 Å². The van der Waals surface area contributed by atoms with Crippen LogP contribution in [0.2, 0.25) is 0 Å². The van der Waals surface area contributed by atoms with Crippen molar-refractivity contribution >= 4 is 29.4 Å². The Morgan fingerprint density at radius 3 is 2.58 bits per heavy atom. The molecule has 2 aromatic carbocycles. The van der Waals surface area contributed by atoms with Crippen LogP contribution in [0.3, 0.4) is 0 Å². The van der Waals surface area contributed by atoms with Gasteiger partial charge in [-0.15, -0.1) is 23.5 Å². The van der Waals surface area contributed by atoms with E-state index in [9.17, 15) is 4.79 Å². The lowest BCUT2D eigenvalue weighted by Crippen LogP contribution is -2.22. The van der Waals surface area contributed by atoms with E-state index < -0.39 is 0 Å². The lowest BCUT2D eigenvalue weighted by molar-refractivity contribution is 0.0951. The summed E-state index contributed by atoms with van der Waals surface area (Å²) in [7, 11) is 0. The molecule has 0 aliphatic carbocycles. The summed E-state index contributed by atoms with van der Waals surface area (Å²) in [5.74, 6) is 3.83. The van der Waals surface area contributed by atoms with Crippen molar-refractivity contribution in [2.24, 2.45) is 0 Å². The van der Waals surface area contributed by atoms with Crippen LogP contribution in [0.1, 0.15) is 26.1 Å². The third-order valence-electron chi connectivity index (χ3n) is 3.96. The maximum Gasteiger partial charge on any atom is 0.251 e. The SMILES string of the molecule is O=C(NCc1ccc2c(c1)OCO2)c1ccc(C2SCCS2)cc1. The van der Waals surface area contributed by atoms with Crippen molar-refractivity contribution < 1.29 is 14.3 Å². The minimum Gasteiger partial charge on any atom is -0.454 e. The summed E-state index contributed by atoms with van der Waals surface area (Å²) in [5, 5.41) is 2.95. The number of carbonyl (C=O) groups is 1. The van der Waals surface area contributed by atoms with Gasteiger partial charge in [-0.3, -0.25) is 4.79 Å². The van der Waals surface area contributed by atoms with Gasteiger partial charge in [-0.2, -0.15) is 0 Å². The highest BCUT2D eigenvalue weighted by molar-refractivity contribution is 8.19. The molecule has 6 heteroatoms. The highest BCUT2D eigenvalue weighted by atomic mass is 32.2.